The fourth-order valence-electron chi connectivity index (χ4n) is 1.57. The van der Waals surface area contributed by atoms with Gasteiger partial charge in [-0.2, -0.15) is 0 Å². The molecule has 0 aromatic heterocycles. The summed E-state index contributed by atoms with van der Waals surface area (Å²) in [6.45, 7) is 4.67. The van der Waals surface area contributed by atoms with Gasteiger partial charge in [0.25, 0.3) is 0 Å². The molecule has 1 rings (SSSR count). The lowest BCUT2D eigenvalue weighted by Gasteiger charge is -2.21. The van der Waals surface area contributed by atoms with Gasteiger partial charge in [0.2, 0.25) is 0 Å². The summed E-state index contributed by atoms with van der Waals surface area (Å²) >= 11 is 0. The number of nitrogens with two attached hydrogens (primary N) is 2. The summed E-state index contributed by atoms with van der Waals surface area (Å²) in [7, 11) is 1.66. The average molecular weight is 208 g/mol. The van der Waals surface area contributed by atoms with Gasteiger partial charge in [0.05, 0.1) is 7.11 Å². The first-order valence-corrected chi connectivity index (χ1v) is 5.20. The van der Waals surface area contributed by atoms with E-state index in [1.807, 2.05) is 26.0 Å². The first-order chi connectivity index (χ1) is 7.10. The van der Waals surface area contributed by atoms with Crippen molar-refractivity contribution in [2.24, 2.45) is 17.4 Å². The monoisotopic (exact) mass is 208 g/mol. The predicted molar refractivity (Wildman–Crippen MR) is 62.9 cm³/mol. The summed E-state index contributed by atoms with van der Waals surface area (Å²) in [4.78, 5) is 0. The Morgan fingerprint density at radius 1 is 1.40 bits per heavy atom. The molecule has 0 radical (unpaired) electrons. The lowest BCUT2D eigenvalue weighted by Crippen LogP contribution is -2.26. The topological polar surface area (TPSA) is 61.3 Å². The van der Waals surface area contributed by atoms with Gasteiger partial charge in [-0.05, 0) is 25.5 Å². The second kappa shape index (κ2) is 5.14. The number of aryl methyl sites for hydroxylation is 1. The highest BCUT2D eigenvalue weighted by atomic mass is 16.5. The van der Waals surface area contributed by atoms with Crippen LogP contribution in [0.1, 0.15) is 24.1 Å². The molecule has 4 N–H and O–H groups in total. The van der Waals surface area contributed by atoms with Crippen LogP contribution in [0.15, 0.2) is 18.2 Å². The molecule has 0 aliphatic carbocycles. The van der Waals surface area contributed by atoms with Crippen molar-refractivity contribution in [2.45, 2.75) is 19.9 Å². The molecular weight excluding hydrogens is 188 g/mol. The van der Waals surface area contributed by atoms with Crippen LogP contribution in [-0.4, -0.2) is 13.7 Å². The summed E-state index contributed by atoms with van der Waals surface area (Å²) in [6, 6.07) is 5.97. The Kier molecular flexibility index (Phi) is 4.12. The van der Waals surface area contributed by atoms with E-state index >= 15 is 0 Å². The summed E-state index contributed by atoms with van der Waals surface area (Å²) in [6.07, 6.45) is 0. The maximum absolute atomic E-state index is 6.13. The third-order valence-corrected chi connectivity index (χ3v) is 2.73. The molecule has 0 heterocycles. The molecule has 15 heavy (non-hydrogen) atoms. The highest BCUT2D eigenvalue weighted by Gasteiger charge is 2.17. The zero-order chi connectivity index (χ0) is 11.4. The molecular formula is C12H20N2O. The van der Waals surface area contributed by atoms with Gasteiger partial charge in [-0.3, -0.25) is 0 Å². The van der Waals surface area contributed by atoms with E-state index in [2.05, 4.69) is 6.07 Å². The fourth-order valence-corrected chi connectivity index (χ4v) is 1.57. The van der Waals surface area contributed by atoms with Crippen molar-refractivity contribution in [1.29, 1.82) is 0 Å². The third kappa shape index (κ3) is 2.70. The molecule has 0 aliphatic rings. The van der Waals surface area contributed by atoms with Crippen LogP contribution in [0.5, 0.6) is 5.75 Å². The molecule has 0 bridgehead atoms. The molecule has 3 heteroatoms. The second-order valence-electron chi connectivity index (χ2n) is 3.98. The van der Waals surface area contributed by atoms with Crippen molar-refractivity contribution in [2.75, 3.05) is 13.7 Å². The molecule has 2 atom stereocenters. The maximum Gasteiger partial charge on any atom is 0.123 e. The van der Waals surface area contributed by atoms with Crippen LogP contribution in [0, 0.1) is 12.8 Å². The van der Waals surface area contributed by atoms with E-state index in [4.69, 9.17) is 16.2 Å². The van der Waals surface area contributed by atoms with E-state index in [1.54, 1.807) is 7.11 Å². The summed E-state index contributed by atoms with van der Waals surface area (Å²) < 4.78 is 5.30. The molecule has 0 aliphatic heterocycles. The van der Waals surface area contributed by atoms with Gasteiger partial charge in [-0.25, -0.2) is 0 Å². The Balaban J connectivity index is 3.05. The summed E-state index contributed by atoms with van der Waals surface area (Å²) in [5.41, 5.74) is 14.0. The maximum atomic E-state index is 6.13. The third-order valence-electron chi connectivity index (χ3n) is 2.73. The van der Waals surface area contributed by atoms with Crippen LogP contribution in [0.3, 0.4) is 0 Å². The van der Waals surface area contributed by atoms with Gasteiger partial charge in [0, 0.05) is 11.6 Å². The number of hydrogen-bond donors (Lipinski definition) is 2. The van der Waals surface area contributed by atoms with Gasteiger partial charge >= 0.3 is 0 Å². The summed E-state index contributed by atoms with van der Waals surface area (Å²) in [5, 5.41) is 0. The summed E-state index contributed by atoms with van der Waals surface area (Å²) in [5.74, 6) is 1.09. The van der Waals surface area contributed by atoms with Gasteiger partial charge in [-0.15, -0.1) is 0 Å². The van der Waals surface area contributed by atoms with Gasteiger partial charge in [0.1, 0.15) is 5.75 Å². The minimum atomic E-state index is -0.0650. The van der Waals surface area contributed by atoms with Crippen molar-refractivity contribution in [3.05, 3.63) is 29.3 Å². The molecule has 0 saturated heterocycles. The van der Waals surface area contributed by atoms with Crippen molar-refractivity contribution >= 4 is 0 Å². The Bertz CT molecular complexity index is 325. The first kappa shape index (κ1) is 12.0. The molecule has 0 fully saturated rings. The molecule has 1 aromatic carbocycles. The fraction of sp³-hybridized carbons (Fsp3) is 0.500. The lowest BCUT2D eigenvalue weighted by atomic mass is 9.93. The number of methoxy groups -OCH3 is 1. The quantitative estimate of drug-likeness (QED) is 0.790. The van der Waals surface area contributed by atoms with E-state index in [9.17, 15) is 0 Å². The molecule has 3 nitrogen and oxygen atoms in total. The Morgan fingerprint density at radius 2 is 2.07 bits per heavy atom. The average Bonchev–Trinajstić information content (AvgIpc) is 2.27. The predicted octanol–water partition coefficient (Wildman–Crippen LogP) is 1.60. The van der Waals surface area contributed by atoms with Crippen molar-refractivity contribution in [1.82, 2.24) is 0 Å². The standard InChI is InChI=1S/C12H20N2O/c1-8-4-5-11(15-3)10(6-8)12(14)9(2)7-13/h4-6,9,12H,7,13-14H2,1-3H3. The smallest absolute Gasteiger partial charge is 0.123 e. The molecule has 0 amide bonds. The van der Waals surface area contributed by atoms with E-state index in [0.717, 1.165) is 11.3 Å². The van der Waals surface area contributed by atoms with E-state index in [0.29, 0.717) is 6.54 Å². The van der Waals surface area contributed by atoms with E-state index in [1.165, 1.54) is 5.56 Å². The largest absolute Gasteiger partial charge is 0.496 e. The van der Waals surface area contributed by atoms with Crippen LogP contribution in [0.4, 0.5) is 0 Å². The molecule has 0 saturated carbocycles. The SMILES string of the molecule is COc1ccc(C)cc1C(N)C(C)CN. The normalized spacial score (nSPS) is 14.7. The molecule has 0 spiro atoms. The van der Waals surface area contributed by atoms with E-state index in [-0.39, 0.29) is 12.0 Å². The Morgan fingerprint density at radius 3 is 2.60 bits per heavy atom. The highest BCUT2D eigenvalue weighted by molar-refractivity contribution is 5.39. The minimum absolute atomic E-state index is 0.0650. The second-order valence-corrected chi connectivity index (χ2v) is 3.98. The van der Waals surface area contributed by atoms with Crippen molar-refractivity contribution in [3.63, 3.8) is 0 Å². The van der Waals surface area contributed by atoms with Gasteiger partial charge in [-0.1, -0.05) is 24.6 Å². The number of rotatable bonds is 4. The number of hydrogen-bond acceptors (Lipinski definition) is 3. The molecule has 1 aromatic rings. The molecule has 84 valence electrons. The highest BCUT2D eigenvalue weighted by Crippen LogP contribution is 2.28. The zero-order valence-electron chi connectivity index (χ0n) is 9.66. The molecule has 2 unspecified atom stereocenters. The van der Waals surface area contributed by atoms with Gasteiger partial charge in [0.15, 0.2) is 0 Å². The van der Waals surface area contributed by atoms with Crippen LogP contribution >= 0.6 is 0 Å². The van der Waals surface area contributed by atoms with E-state index < -0.39 is 0 Å². The van der Waals surface area contributed by atoms with Crippen molar-refractivity contribution in [3.8, 4) is 5.75 Å². The first-order valence-electron chi connectivity index (χ1n) is 5.20. The van der Waals surface area contributed by atoms with Crippen LogP contribution in [-0.2, 0) is 0 Å². The van der Waals surface area contributed by atoms with Crippen LogP contribution in [0.25, 0.3) is 0 Å². The van der Waals surface area contributed by atoms with Crippen LogP contribution < -0.4 is 16.2 Å². The minimum Gasteiger partial charge on any atom is -0.496 e. The zero-order valence-corrected chi connectivity index (χ0v) is 9.66. The van der Waals surface area contributed by atoms with Crippen LogP contribution in [0.2, 0.25) is 0 Å². The Hall–Kier alpha value is -1.06. The number of benzene rings is 1. The number of ether oxygens (including phenoxy) is 1. The van der Waals surface area contributed by atoms with Gasteiger partial charge < -0.3 is 16.2 Å². The van der Waals surface area contributed by atoms with Crippen molar-refractivity contribution < 1.29 is 4.74 Å². The Labute approximate surface area is 91.4 Å². The lowest BCUT2D eigenvalue weighted by molar-refractivity contribution is 0.392.